The topological polar surface area (TPSA) is 12.5 Å². The van der Waals surface area contributed by atoms with Crippen molar-refractivity contribution in [3.63, 3.8) is 0 Å². The molecule has 5 heteroatoms. The Bertz CT molecular complexity index is 281. The zero-order valence-corrected chi connectivity index (χ0v) is 11.9. The van der Waals surface area contributed by atoms with Gasteiger partial charge in [-0.15, -0.1) is 0 Å². The molecule has 1 rings (SSSR count). The summed E-state index contributed by atoms with van der Waals surface area (Å²) in [6, 6.07) is 9.86. The van der Waals surface area contributed by atoms with E-state index in [0.717, 1.165) is 5.56 Å². The summed E-state index contributed by atoms with van der Waals surface area (Å²) in [5.74, 6) is 0. The van der Waals surface area contributed by atoms with Crippen LogP contribution >= 0.6 is 12.2 Å². The number of benzene rings is 1. The van der Waals surface area contributed by atoms with Crippen molar-refractivity contribution in [2.45, 2.75) is 6.61 Å². The minimum atomic E-state index is 0. The molecular weight excluding hydrogens is 225 g/mol. The van der Waals surface area contributed by atoms with E-state index in [1.807, 2.05) is 30.3 Å². The first-order valence-corrected chi connectivity index (χ1v) is 4.63. The van der Waals surface area contributed by atoms with Crippen LogP contribution < -0.4 is 29.6 Å². The van der Waals surface area contributed by atoms with Crippen molar-refractivity contribution in [2.75, 3.05) is 7.05 Å². The molecule has 1 aromatic rings. The first-order chi connectivity index (χ1) is 6.20. The van der Waals surface area contributed by atoms with Gasteiger partial charge in [0.25, 0.3) is 0 Å². The molecule has 0 bridgehead atoms. The predicted octanol–water partition coefficient (Wildman–Crippen LogP) is -1.11. The Morgan fingerprint density at radius 2 is 2.00 bits per heavy atom. The molecule has 0 unspecified atom stereocenters. The molecule has 0 fully saturated rings. The summed E-state index contributed by atoms with van der Waals surface area (Å²) in [6.45, 7) is 0.494. The fourth-order valence-corrected chi connectivity index (χ4v) is 0.904. The molecule has 0 N–H and O–H groups in total. The molecule has 0 atom stereocenters. The van der Waals surface area contributed by atoms with Crippen LogP contribution in [0.2, 0.25) is 0 Å². The predicted molar refractivity (Wildman–Crippen MR) is 59.0 cm³/mol. The summed E-state index contributed by atoms with van der Waals surface area (Å²) in [4.78, 5) is 5.28. The largest absolute Gasteiger partial charge is 1.00 e. The van der Waals surface area contributed by atoms with Crippen molar-refractivity contribution in [2.24, 2.45) is 0 Å². The maximum Gasteiger partial charge on any atom is 1.00 e. The van der Waals surface area contributed by atoms with Gasteiger partial charge in [-0.2, -0.15) is 0 Å². The van der Waals surface area contributed by atoms with Gasteiger partial charge >= 0.3 is 29.6 Å². The molecule has 0 heterocycles. The SMILES string of the molecule is CN(OCc1ccccc1)C(=S)[S-].[Na+]. The van der Waals surface area contributed by atoms with Crippen molar-refractivity contribution < 1.29 is 34.4 Å². The van der Waals surface area contributed by atoms with Gasteiger partial charge in [-0.1, -0.05) is 30.3 Å². The normalized spacial score (nSPS) is 8.93. The third-order valence-electron chi connectivity index (χ3n) is 1.52. The number of nitrogens with zero attached hydrogens (tertiary/aromatic N) is 1. The van der Waals surface area contributed by atoms with Crippen LogP contribution in [0.1, 0.15) is 5.56 Å². The van der Waals surface area contributed by atoms with Crippen LogP contribution in [0.3, 0.4) is 0 Å². The van der Waals surface area contributed by atoms with E-state index in [1.165, 1.54) is 5.06 Å². The van der Waals surface area contributed by atoms with E-state index < -0.39 is 0 Å². The molecule has 0 radical (unpaired) electrons. The Kier molecular flexibility index (Phi) is 7.72. The quantitative estimate of drug-likeness (QED) is 0.285. The molecule has 1 aromatic carbocycles. The first kappa shape index (κ1) is 14.3. The molecule has 14 heavy (non-hydrogen) atoms. The Labute approximate surface area is 117 Å². The van der Waals surface area contributed by atoms with Crippen LogP contribution in [0, 0.1) is 0 Å². The Balaban J connectivity index is 0.00000169. The summed E-state index contributed by atoms with van der Waals surface area (Å²) in [5.41, 5.74) is 1.10. The van der Waals surface area contributed by atoms with Crippen LogP contribution in [0.25, 0.3) is 0 Å². The molecule has 0 aliphatic rings. The molecule has 0 spiro atoms. The van der Waals surface area contributed by atoms with E-state index in [-0.39, 0.29) is 29.6 Å². The maximum atomic E-state index is 5.28. The van der Waals surface area contributed by atoms with E-state index in [4.69, 9.17) is 29.7 Å². The van der Waals surface area contributed by atoms with Crippen molar-refractivity contribution in [1.29, 1.82) is 0 Å². The van der Waals surface area contributed by atoms with E-state index in [1.54, 1.807) is 7.05 Å². The van der Waals surface area contributed by atoms with Gasteiger partial charge in [-0.05, 0) is 9.88 Å². The number of thiocarbonyl (C=S) groups is 1. The average Bonchev–Trinajstić information content (AvgIpc) is 2.15. The second-order valence-electron chi connectivity index (χ2n) is 2.52. The molecule has 2 nitrogen and oxygen atoms in total. The summed E-state index contributed by atoms with van der Waals surface area (Å²) in [7, 11) is 1.71. The third-order valence-corrected chi connectivity index (χ3v) is 2.04. The first-order valence-electron chi connectivity index (χ1n) is 3.81. The third kappa shape index (κ3) is 5.24. The monoisotopic (exact) mass is 235 g/mol. The Hall–Kier alpha value is 0.290. The zero-order chi connectivity index (χ0) is 9.68. The molecule has 0 amide bonds. The zero-order valence-electron chi connectivity index (χ0n) is 8.27. The average molecular weight is 235 g/mol. The second kappa shape index (κ2) is 7.56. The van der Waals surface area contributed by atoms with Gasteiger partial charge in [-0.3, -0.25) is 9.90 Å². The van der Waals surface area contributed by atoms with Gasteiger partial charge in [0.2, 0.25) is 0 Å². The second-order valence-corrected chi connectivity index (χ2v) is 3.55. The fourth-order valence-electron chi connectivity index (χ4n) is 0.798. The molecule has 70 valence electrons. The Morgan fingerprint density at radius 3 is 2.50 bits per heavy atom. The summed E-state index contributed by atoms with van der Waals surface area (Å²) >= 11 is 9.50. The van der Waals surface area contributed by atoms with Crippen molar-refractivity contribution >= 4 is 29.2 Å². The Morgan fingerprint density at radius 1 is 1.43 bits per heavy atom. The van der Waals surface area contributed by atoms with Gasteiger partial charge in [0.1, 0.15) is 0 Å². The van der Waals surface area contributed by atoms with E-state index in [0.29, 0.717) is 10.9 Å². The number of hydrogen-bond acceptors (Lipinski definition) is 3. The molecule has 0 aliphatic heterocycles. The van der Waals surface area contributed by atoms with Crippen LogP contribution in [-0.4, -0.2) is 16.4 Å². The molecule has 0 aromatic heterocycles. The van der Waals surface area contributed by atoms with Crippen LogP contribution in [0.5, 0.6) is 0 Å². The van der Waals surface area contributed by atoms with Gasteiger partial charge in [-0.25, -0.2) is 0 Å². The molecule has 0 aliphatic carbocycles. The summed E-state index contributed by atoms with van der Waals surface area (Å²) in [5, 5.41) is 1.41. The van der Waals surface area contributed by atoms with E-state index in [9.17, 15) is 0 Å². The number of hydrogen-bond donors (Lipinski definition) is 0. The van der Waals surface area contributed by atoms with Crippen molar-refractivity contribution in [3.05, 3.63) is 35.9 Å². The number of hydroxylamine groups is 2. The van der Waals surface area contributed by atoms with Crippen LogP contribution in [0.4, 0.5) is 0 Å². The van der Waals surface area contributed by atoms with Gasteiger partial charge in [0, 0.05) is 7.05 Å². The van der Waals surface area contributed by atoms with Gasteiger partial charge in [0.05, 0.1) is 6.61 Å². The smallest absolute Gasteiger partial charge is 0.409 e. The van der Waals surface area contributed by atoms with E-state index in [2.05, 4.69) is 0 Å². The van der Waals surface area contributed by atoms with E-state index >= 15 is 0 Å². The molecular formula is C9H10NNaOS2. The van der Waals surface area contributed by atoms with Crippen molar-refractivity contribution in [1.82, 2.24) is 5.06 Å². The molecule has 0 saturated carbocycles. The van der Waals surface area contributed by atoms with Crippen molar-refractivity contribution in [3.8, 4) is 0 Å². The maximum absolute atomic E-state index is 5.28. The minimum Gasteiger partial charge on any atom is -0.409 e. The molecule has 0 saturated heterocycles. The number of rotatable bonds is 3. The van der Waals surface area contributed by atoms with Gasteiger partial charge < -0.3 is 24.8 Å². The van der Waals surface area contributed by atoms with Crippen LogP contribution in [0.15, 0.2) is 30.3 Å². The summed E-state index contributed by atoms with van der Waals surface area (Å²) in [6.07, 6.45) is 0. The fraction of sp³-hybridized carbons (Fsp3) is 0.222. The van der Waals surface area contributed by atoms with Crippen LogP contribution in [-0.2, 0) is 24.1 Å². The minimum absolute atomic E-state index is 0. The van der Waals surface area contributed by atoms with Gasteiger partial charge in [0.15, 0.2) is 0 Å². The summed E-state index contributed by atoms with van der Waals surface area (Å²) < 4.78 is 0.316. The standard InChI is InChI=1S/C9H11NOS2.Na/c1-10(9(12)13)11-7-8-5-3-2-4-6-8;/h2-6H,7H2,1H3,(H,12,13);/q;+1/p-1.